The minimum absolute atomic E-state index is 0.610. The zero-order valence-electron chi connectivity index (χ0n) is 8.74. The first-order valence-electron chi connectivity index (χ1n) is 4.94. The van der Waals surface area contributed by atoms with E-state index in [0.29, 0.717) is 10.0 Å². The van der Waals surface area contributed by atoms with E-state index in [4.69, 9.17) is 23.2 Å². The predicted molar refractivity (Wildman–Crippen MR) is 67.7 cm³/mol. The molecule has 0 fully saturated rings. The highest BCUT2D eigenvalue weighted by atomic mass is 35.5. The molecule has 5 heteroatoms. The third kappa shape index (κ3) is 2.31. The number of nitrogens with zero attached hydrogens (tertiary/aromatic N) is 2. The number of benzene rings is 1. The molecule has 0 atom stereocenters. The lowest BCUT2D eigenvalue weighted by Gasteiger charge is -2.09. The number of nitrogens with one attached hydrogen (secondary N) is 1. The van der Waals surface area contributed by atoms with Gasteiger partial charge in [-0.2, -0.15) is 0 Å². The summed E-state index contributed by atoms with van der Waals surface area (Å²) >= 11 is 11.9. The first-order chi connectivity index (χ1) is 7.70. The first-order valence-corrected chi connectivity index (χ1v) is 5.70. The Morgan fingerprint density at radius 1 is 1.25 bits per heavy atom. The lowest BCUT2D eigenvalue weighted by molar-refractivity contribution is 1.02. The molecule has 0 unspecified atom stereocenters. The average Bonchev–Trinajstić information content (AvgIpc) is 2.65. The van der Waals surface area contributed by atoms with Gasteiger partial charge in [-0.25, -0.2) is 4.98 Å². The third-order valence-electron chi connectivity index (χ3n) is 2.10. The van der Waals surface area contributed by atoms with Crippen LogP contribution in [0.4, 0.5) is 5.95 Å². The fraction of sp³-hybridized carbons (Fsp3) is 0.182. The largest absolute Gasteiger partial charge is 0.356 e. The fourth-order valence-corrected chi connectivity index (χ4v) is 1.99. The van der Waals surface area contributed by atoms with E-state index >= 15 is 0 Å². The van der Waals surface area contributed by atoms with Crippen LogP contribution in [-0.2, 0) is 0 Å². The van der Waals surface area contributed by atoms with Gasteiger partial charge in [-0.15, -0.1) is 0 Å². The Morgan fingerprint density at radius 3 is 2.56 bits per heavy atom. The van der Waals surface area contributed by atoms with Gasteiger partial charge < -0.3 is 5.32 Å². The molecular formula is C11H11Cl2N3. The molecule has 0 spiro atoms. The minimum Gasteiger partial charge on any atom is -0.356 e. The van der Waals surface area contributed by atoms with E-state index in [-0.39, 0.29) is 0 Å². The molecule has 0 aliphatic heterocycles. The van der Waals surface area contributed by atoms with Crippen LogP contribution in [0.2, 0.25) is 10.0 Å². The molecule has 0 amide bonds. The van der Waals surface area contributed by atoms with Crippen molar-refractivity contribution in [3.05, 3.63) is 40.6 Å². The molecule has 2 aromatic rings. The van der Waals surface area contributed by atoms with Crippen LogP contribution in [0.25, 0.3) is 5.69 Å². The molecule has 2 rings (SSSR count). The van der Waals surface area contributed by atoms with Crippen molar-refractivity contribution in [1.82, 2.24) is 9.55 Å². The van der Waals surface area contributed by atoms with E-state index < -0.39 is 0 Å². The Kier molecular flexibility index (Phi) is 3.36. The van der Waals surface area contributed by atoms with Crippen molar-refractivity contribution in [3.63, 3.8) is 0 Å². The number of hydrogen-bond acceptors (Lipinski definition) is 2. The standard InChI is InChI=1S/C11H11Cl2N3/c1-2-14-11-15-3-4-16(11)10-6-8(12)5-9(13)7-10/h3-7H,2H2,1H3,(H,14,15). The van der Waals surface area contributed by atoms with Gasteiger partial charge in [0.2, 0.25) is 5.95 Å². The van der Waals surface area contributed by atoms with Crippen LogP contribution >= 0.6 is 23.2 Å². The summed E-state index contributed by atoms with van der Waals surface area (Å²) in [6, 6.07) is 5.39. The predicted octanol–water partition coefficient (Wildman–Crippen LogP) is 3.61. The second-order valence-corrected chi connectivity index (χ2v) is 4.15. The second-order valence-electron chi connectivity index (χ2n) is 3.28. The number of aromatic nitrogens is 2. The van der Waals surface area contributed by atoms with E-state index in [9.17, 15) is 0 Å². The van der Waals surface area contributed by atoms with Crippen LogP contribution in [0.5, 0.6) is 0 Å². The Morgan fingerprint density at radius 2 is 1.94 bits per heavy atom. The van der Waals surface area contributed by atoms with Crippen molar-refractivity contribution in [2.75, 3.05) is 11.9 Å². The van der Waals surface area contributed by atoms with Gasteiger partial charge in [0.1, 0.15) is 0 Å². The molecule has 0 radical (unpaired) electrons. The zero-order valence-corrected chi connectivity index (χ0v) is 10.3. The fourth-order valence-electron chi connectivity index (χ4n) is 1.48. The molecule has 1 aromatic carbocycles. The number of halogens is 2. The summed E-state index contributed by atoms with van der Waals surface area (Å²) in [5, 5.41) is 4.38. The normalized spacial score (nSPS) is 10.4. The minimum atomic E-state index is 0.610. The Balaban J connectivity index is 2.45. The Labute approximate surface area is 104 Å². The van der Waals surface area contributed by atoms with Crippen molar-refractivity contribution < 1.29 is 0 Å². The number of rotatable bonds is 3. The van der Waals surface area contributed by atoms with Crippen molar-refractivity contribution in [2.45, 2.75) is 6.92 Å². The van der Waals surface area contributed by atoms with Crippen LogP contribution < -0.4 is 5.32 Å². The molecule has 0 bridgehead atoms. The van der Waals surface area contributed by atoms with E-state index in [1.807, 2.05) is 29.8 Å². The highest BCUT2D eigenvalue weighted by Gasteiger charge is 2.05. The van der Waals surface area contributed by atoms with Crippen molar-refractivity contribution in [3.8, 4) is 5.69 Å². The van der Waals surface area contributed by atoms with Crippen LogP contribution in [0, 0.1) is 0 Å². The molecule has 0 aliphatic rings. The Bertz CT molecular complexity index is 473. The number of hydrogen-bond donors (Lipinski definition) is 1. The summed E-state index contributed by atoms with van der Waals surface area (Å²) in [5.74, 6) is 0.779. The highest BCUT2D eigenvalue weighted by molar-refractivity contribution is 6.34. The monoisotopic (exact) mass is 255 g/mol. The zero-order chi connectivity index (χ0) is 11.5. The molecule has 0 aliphatic carbocycles. The Hall–Kier alpha value is -1.19. The van der Waals surface area contributed by atoms with Gasteiger partial charge in [-0.05, 0) is 25.1 Å². The number of anilines is 1. The van der Waals surface area contributed by atoms with Crippen molar-refractivity contribution in [2.24, 2.45) is 0 Å². The van der Waals surface area contributed by atoms with E-state index in [1.54, 1.807) is 12.3 Å². The van der Waals surface area contributed by atoms with Crippen LogP contribution in [0.15, 0.2) is 30.6 Å². The van der Waals surface area contributed by atoms with Gasteiger partial charge in [-0.3, -0.25) is 4.57 Å². The summed E-state index contributed by atoms with van der Waals surface area (Å²) in [6.07, 6.45) is 3.59. The molecule has 3 nitrogen and oxygen atoms in total. The summed E-state index contributed by atoms with van der Waals surface area (Å²) in [5.41, 5.74) is 0.894. The topological polar surface area (TPSA) is 29.9 Å². The maximum absolute atomic E-state index is 5.96. The van der Waals surface area contributed by atoms with E-state index in [1.165, 1.54) is 0 Å². The van der Waals surface area contributed by atoms with Gasteiger partial charge in [0, 0.05) is 29.0 Å². The van der Waals surface area contributed by atoms with Gasteiger partial charge in [0.25, 0.3) is 0 Å². The SMILES string of the molecule is CCNc1nccn1-c1cc(Cl)cc(Cl)c1. The van der Waals surface area contributed by atoms with Crippen LogP contribution in [0.3, 0.4) is 0 Å². The number of imidazole rings is 1. The van der Waals surface area contributed by atoms with Crippen LogP contribution in [0.1, 0.15) is 6.92 Å². The molecule has 0 saturated heterocycles. The second kappa shape index (κ2) is 4.76. The maximum atomic E-state index is 5.96. The first kappa shape index (κ1) is 11.3. The molecule has 84 valence electrons. The van der Waals surface area contributed by atoms with Gasteiger partial charge in [0.05, 0.1) is 5.69 Å². The summed E-state index contributed by atoms with van der Waals surface area (Å²) < 4.78 is 1.90. The molecule has 1 N–H and O–H groups in total. The van der Waals surface area contributed by atoms with Crippen molar-refractivity contribution >= 4 is 29.2 Å². The van der Waals surface area contributed by atoms with E-state index in [0.717, 1.165) is 18.2 Å². The van der Waals surface area contributed by atoms with E-state index in [2.05, 4.69) is 10.3 Å². The summed E-state index contributed by atoms with van der Waals surface area (Å²) in [6.45, 7) is 2.83. The average molecular weight is 256 g/mol. The molecule has 16 heavy (non-hydrogen) atoms. The van der Waals surface area contributed by atoms with Gasteiger partial charge in [-0.1, -0.05) is 23.2 Å². The molecular weight excluding hydrogens is 245 g/mol. The lowest BCUT2D eigenvalue weighted by Crippen LogP contribution is -2.04. The van der Waals surface area contributed by atoms with Gasteiger partial charge in [0.15, 0.2) is 0 Å². The summed E-state index contributed by atoms with van der Waals surface area (Å²) in [7, 11) is 0. The van der Waals surface area contributed by atoms with Crippen LogP contribution in [-0.4, -0.2) is 16.1 Å². The highest BCUT2D eigenvalue weighted by Crippen LogP contribution is 2.23. The molecule has 1 aromatic heterocycles. The lowest BCUT2D eigenvalue weighted by atomic mass is 10.3. The molecule has 1 heterocycles. The molecule has 0 saturated carbocycles. The van der Waals surface area contributed by atoms with Crippen molar-refractivity contribution in [1.29, 1.82) is 0 Å². The van der Waals surface area contributed by atoms with Gasteiger partial charge >= 0.3 is 0 Å². The third-order valence-corrected chi connectivity index (χ3v) is 2.54. The quantitative estimate of drug-likeness (QED) is 0.909. The summed E-state index contributed by atoms with van der Waals surface area (Å²) in [4.78, 5) is 4.21. The maximum Gasteiger partial charge on any atom is 0.207 e. The smallest absolute Gasteiger partial charge is 0.207 e.